The molecule has 1 aliphatic heterocycles. The van der Waals surface area contributed by atoms with Gasteiger partial charge in [-0.05, 0) is 18.2 Å². The molecule has 2 N–H and O–H groups in total. The van der Waals surface area contributed by atoms with Crippen molar-refractivity contribution >= 4 is 23.5 Å². The minimum atomic E-state index is -0.277. The van der Waals surface area contributed by atoms with Gasteiger partial charge >= 0.3 is 0 Å². The van der Waals surface area contributed by atoms with E-state index in [-0.39, 0.29) is 17.4 Å². The van der Waals surface area contributed by atoms with Gasteiger partial charge in [-0.1, -0.05) is 30.3 Å². The summed E-state index contributed by atoms with van der Waals surface area (Å²) < 4.78 is 0. The molecule has 0 saturated heterocycles. The molecule has 0 radical (unpaired) electrons. The van der Waals surface area contributed by atoms with Crippen LogP contribution in [0.5, 0.6) is 5.75 Å². The van der Waals surface area contributed by atoms with Crippen LogP contribution in [0.2, 0.25) is 0 Å². The number of fused-ring (bicyclic) bond motifs is 1. The van der Waals surface area contributed by atoms with Crippen LogP contribution in [0.15, 0.2) is 58.7 Å². The average Bonchev–Trinajstić information content (AvgIpc) is 2.77. The number of hydrogen-bond acceptors (Lipinski definition) is 4. The Morgan fingerprint density at radius 1 is 1.05 bits per heavy atom. The molecule has 5 heteroatoms. The molecular formula is C15H11N3O2. The molecule has 3 rings (SSSR count). The Morgan fingerprint density at radius 2 is 1.80 bits per heavy atom. The van der Waals surface area contributed by atoms with Gasteiger partial charge in [0.15, 0.2) is 5.71 Å². The highest BCUT2D eigenvalue weighted by Crippen LogP contribution is 2.22. The number of para-hydroxylation sites is 2. The van der Waals surface area contributed by atoms with Gasteiger partial charge in [-0.2, -0.15) is 5.10 Å². The van der Waals surface area contributed by atoms with Gasteiger partial charge in [-0.3, -0.25) is 4.79 Å². The summed E-state index contributed by atoms with van der Waals surface area (Å²) in [6.07, 6.45) is 1.41. The first-order chi connectivity index (χ1) is 9.75. The zero-order chi connectivity index (χ0) is 13.9. The van der Waals surface area contributed by atoms with Crippen molar-refractivity contribution in [1.82, 2.24) is 0 Å². The van der Waals surface area contributed by atoms with Crippen LogP contribution >= 0.6 is 0 Å². The molecule has 2 aromatic carbocycles. The molecule has 20 heavy (non-hydrogen) atoms. The lowest BCUT2D eigenvalue weighted by Gasteiger charge is -1.95. The van der Waals surface area contributed by atoms with Crippen molar-refractivity contribution in [2.75, 3.05) is 5.32 Å². The predicted molar refractivity (Wildman–Crippen MR) is 77.3 cm³/mol. The second kappa shape index (κ2) is 4.97. The van der Waals surface area contributed by atoms with Gasteiger partial charge in [-0.15, -0.1) is 5.10 Å². The summed E-state index contributed by atoms with van der Waals surface area (Å²) in [6, 6.07) is 14.1. The highest BCUT2D eigenvalue weighted by Gasteiger charge is 2.25. The van der Waals surface area contributed by atoms with Crippen molar-refractivity contribution in [3.8, 4) is 5.75 Å². The molecule has 1 aliphatic rings. The standard InChI is InChI=1S/C15H11N3O2/c19-13-8-4-1-5-10(13)9-16-18-14-11-6-2-3-7-12(11)17-15(14)20/h1-9,19H,(H,17,18,20)/b16-9-. The Kier molecular flexibility index (Phi) is 3.01. The third kappa shape index (κ3) is 2.16. The number of phenols is 1. The fourth-order valence-corrected chi connectivity index (χ4v) is 1.95. The maximum atomic E-state index is 11.8. The molecule has 2 aromatic rings. The molecule has 0 unspecified atom stereocenters. The van der Waals surface area contributed by atoms with E-state index in [1.165, 1.54) is 6.21 Å². The predicted octanol–water partition coefficient (Wildman–Crippen LogP) is 2.17. The summed E-state index contributed by atoms with van der Waals surface area (Å²) in [6.45, 7) is 0. The number of rotatable bonds is 2. The van der Waals surface area contributed by atoms with Gasteiger partial charge in [0.25, 0.3) is 5.91 Å². The van der Waals surface area contributed by atoms with E-state index in [0.29, 0.717) is 5.56 Å². The minimum Gasteiger partial charge on any atom is -0.507 e. The minimum absolute atomic E-state index is 0.118. The first-order valence-electron chi connectivity index (χ1n) is 6.05. The number of benzene rings is 2. The Labute approximate surface area is 115 Å². The maximum absolute atomic E-state index is 11.8. The fourth-order valence-electron chi connectivity index (χ4n) is 1.95. The molecule has 0 aromatic heterocycles. The number of hydrogen-bond donors (Lipinski definition) is 2. The zero-order valence-corrected chi connectivity index (χ0v) is 10.4. The molecule has 5 nitrogen and oxygen atoms in total. The van der Waals surface area contributed by atoms with E-state index in [2.05, 4.69) is 15.5 Å². The number of phenolic OH excluding ortho intramolecular Hbond substituents is 1. The van der Waals surface area contributed by atoms with Crippen molar-refractivity contribution in [3.05, 3.63) is 59.7 Å². The molecule has 0 spiro atoms. The van der Waals surface area contributed by atoms with Crippen LogP contribution in [-0.2, 0) is 4.79 Å². The third-order valence-corrected chi connectivity index (χ3v) is 2.94. The van der Waals surface area contributed by atoms with Crippen LogP contribution in [0.25, 0.3) is 0 Å². The Hall–Kier alpha value is -2.95. The molecule has 0 aliphatic carbocycles. The Bertz CT molecular complexity index is 735. The number of anilines is 1. The summed E-state index contributed by atoms with van der Waals surface area (Å²) in [5.41, 5.74) is 2.27. The molecule has 0 atom stereocenters. The van der Waals surface area contributed by atoms with Crippen LogP contribution in [-0.4, -0.2) is 22.9 Å². The van der Waals surface area contributed by atoms with Crippen LogP contribution in [0.3, 0.4) is 0 Å². The molecular weight excluding hydrogens is 254 g/mol. The van der Waals surface area contributed by atoms with Crippen molar-refractivity contribution in [2.24, 2.45) is 10.2 Å². The Balaban J connectivity index is 1.90. The highest BCUT2D eigenvalue weighted by molar-refractivity contribution is 6.53. The van der Waals surface area contributed by atoms with Gasteiger partial charge in [0, 0.05) is 11.1 Å². The SMILES string of the molecule is O=C1Nc2ccccc2/C1=N/N=C\c1ccccc1O. The first kappa shape index (κ1) is 12.1. The van der Waals surface area contributed by atoms with E-state index >= 15 is 0 Å². The number of nitrogens with zero attached hydrogens (tertiary/aromatic N) is 2. The van der Waals surface area contributed by atoms with Crippen molar-refractivity contribution in [1.29, 1.82) is 0 Å². The quantitative estimate of drug-likeness (QED) is 0.645. The monoisotopic (exact) mass is 265 g/mol. The summed E-state index contributed by atoms with van der Waals surface area (Å²) in [7, 11) is 0. The molecule has 0 fully saturated rings. The van der Waals surface area contributed by atoms with Crippen molar-refractivity contribution < 1.29 is 9.90 Å². The second-order valence-corrected chi connectivity index (χ2v) is 4.25. The van der Waals surface area contributed by atoms with Crippen molar-refractivity contribution in [2.45, 2.75) is 0 Å². The Morgan fingerprint density at radius 3 is 2.65 bits per heavy atom. The van der Waals surface area contributed by atoms with E-state index < -0.39 is 0 Å². The fraction of sp³-hybridized carbons (Fsp3) is 0. The van der Waals surface area contributed by atoms with Crippen LogP contribution in [0.1, 0.15) is 11.1 Å². The molecule has 1 amide bonds. The number of nitrogens with one attached hydrogen (secondary N) is 1. The lowest BCUT2D eigenvalue weighted by molar-refractivity contribution is -0.110. The molecule has 0 saturated carbocycles. The van der Waals surface area contributed by atoms with Gasteiger partial charge in [0.2, 0.25) is 0 Å². The maximum Gasteiger partial charge on any atom is 0.276 e. The second-order valence-electron chi connectivity index (χ2n) is 4.25. The molecule has 0 bridgehead atoms. The van der Waals surface area contributed by atoms with Crippen molar-refractivity contribution in [3.63, 3.8) is 0 Å². The summed E-state index contributed by atoms with van der Waals surface area (Å²) in [4.78, 5) is 11.8. The van der Waals surface area contributed by atoms with Crippen LogP contribution in [0, 0.1) is 0 Å². The molecule has 1 heterocycles. The van der Waals surface area contributed by atoms with E-state index in [9.17, 15) is 9.90 Å². The first-order valence-corrected chi connectivity index (χ1v) is 6.05. The molecule has 98 valence electrons. The summed E-state index contributed by atoms with van der Waals surface area (Å²) >= 11 is 0. The largest absolute Gasteiger partial charge is 0.507 e. The van der Waals surface area contributed by atoms with Gasteiger partial charge in [0.05, 0.1) is 11.9 Å². The average molecular weight is 265 g/mol. The number of carbonyl (C=O) groups excluding carboxylic acids is 1. The van der Waals surface area contributed by atoms with E-state index in [1.54, 1.807) is 24.3 Å². The van der Waals surface area contributed by atoms with Crippen LogP contribution < -0.4 is 5.32 Å². The number of aromatic hydroxyl groups is 1. The van der Waals surface area contributed by atoms with Gasteiger partial charge in [-0.25, -0.2) is 0 Å². The summed E-state index contributed by atoms with van der Waals surface area (Å²) in [5, 5.41) is 20.1. The zero-order valence-electron chi connectivity index (χ0n) is 10.4. The number of carbonyl (C=O) groups is 1. The van der Waals surface area contributed by atoms with Gasteiger partial charge < -0.3 is 10.4 Å². The van der Waals surface area contributed by atoms with E-state index in [1.807, 2.05) is 24.3 Å². The highest BCUT2D eigenvalue weighted by atomic mass is 16.3. The summed E-state index contributed by atoms with van der Waals surface area (Å²) in [5.74, 6) is -0.159. The lowest BCUT2D eigenvalue weighted by atomic mass is 10.1. The number of amides is 1. The normalized spacial score (nSPS) is 15.6. The topological polar surface area (TPSA) is 74.0 Å². The van der Waals surface area contributed by atoms with E-state index in [0.717, 1.165) is 11.3 Å². The smallest absolute Gasteiger partial charge is 0.276 e. The van der Waals surface area contributed by atoms with Gasteiger partial charge in [0.1, 0.15) is 5.75 Å². The van der Waals surface area contributed by atoms with Crippen LogP contribution in [0.4, 0.5) is 5.69 Å². The van der Waals surface area contributed by atoms with E-state index in [4.69, 9.17) is 0 Å². The lowest BCUT2D eigenvalue weighted by Crippen LogP contribution is -2.13. The third-order valence-electron chi connectivity index (χ3n) is 2.94.